The molecule has 6 unspecified atom stereocenters. The summed E-state index contributed by atoms with van der Waals surface area (Å²) >= 11 is 0. The molecule has 0 amide bonds. The summed E-state index contributed by atoms with van der Waals surface area (Å²) in [7, 11) is 0. The molecule has 0 spiro atoms. The van der Waals surface area contributed by atoms with Crippen molar-refractivity contribution in [2.24, 2.45) is 35.5 Å². The molecule has 3 aliphatic carbocycles. The lowest BCUT2D eigenvalue weighted by molar-refractivity contribution is -0.142. The van der Waals surface area contributed by atoms with E-state index in [1.807, 2.05) is 0 Å². The van der Waals surface area contributed by atoms with Gasteiger partial charge >= 0.3 is 5.97 Å². The summed E-state index contributed by atoms with van der Waals surface area (Å²) in [6.45, 7) is 2.30. The van der Waals surface area contributed by atoms with E-state index >= 15 is 0 Å². The van der Waals surface area contributed by atoms with E-state index in [4.69, 9.17) is 10.00 Å². The molecule has 0 heterocycles. The molecule has 0 aromatic heterocycles. The van der Waals surface area contributed by atoms with Crippen LogP contribution in [-0.4, -0.2) is 5.97 Å². The van der Waals surface area contributed by atoms with Crippen LogP contribution in [0.3, 0.4) is 0 Å². The topological polar surface area (TPSA) is 50.1 Å². The molecule has 0 N–H and O–H groups in total. The molecule has 162 valence electrons. The van der Waals surface area contributed by atoms with Crippen molar-refractivity contribution in [2.45, 2.75) is 84.0 Å². The number of hydrogen-bond donors (Lipinski definition) is 0. The molecule has 30 heavy (non-hydrogen) atoms. The summed E-state index contributed by atoms with van der Waals surface area (Å²) in [5, 5.41) is 8.91. The van der Waals surface area contributed by atoms with E-state index in [2.05, 4.69) is 13.0 Å². The van der Waals surface area contributed by atoms with Gasteiger partial charge in [0, 0.05) is 0 Å². The van der Waals surface area contributed by atoms with E-state index in [-0.39, 0.29) is 11.9 Å². The SMILES string of the molecule is CCCCCC1CCC2C(CCC3CC(C(=O)Oc4ccc(C#N)cc4)CCC32)C1. The van der Waals surface area contributed by atoms with Gasteiger partial charge in [-0.1, -0.05) is 39.0 Å². The fourth-order valence-corrected chi connectivity index (χ4v) is 6.85. The second kappa shape index (κ2) is 9.99. The molecule has 3 fully saturated rings. The zero-order valence-electron chi connectivity index (χ0n) is 18.5. The molecular weight excluding hydrogens is 370 g/mol. The maximum atomic E-state index is 12.8. The summed E-state index contributed by atoms with van der Waals surface area (Å²) in [5.41, 5.74) is 0.590. The van der Waals surface area contributed by atoms with Crippen LogP contribution in [-0.2, 0) is 4.79 Å². The minimum Gasteiger partial charge on any atom is -0.426 e. The molecular formula is C27H37NO2. The van der Waals surface area contributed by atoms with Gasteiger partial charge in [0.05, 0.1) is 17.6 Å². The van der Waals surface area contributed by atoms with E-state index in [9.17, 15) is 4.79 Å². The van der Waals surface area contributed by atoms with Gasteiger partial charge < -0.3 is 4.74 Å². The molecule has 4 rings (SSSR count). The molecule has 0 saturated heterocycles. The second-order valence-corrected chi connectivity index (χ2v) is 10.2. The Labute approximate surface area is 182 Å². The van der Waals surface area contributed by atoms with Crippen LogP contribution in [0.25, 0.3) is 0 Å². The number of carbonyl (C=O) groups is 1. The van der Waals surface area contributed by atoms with Gasteiger partial charge in [0.2, 0.25) is 0 Å². The number of esters is 1. The lowest BCUT2D eigenvalue weighted by Gasteiger charge is -2.50. The Hall–Kier alpha value is -1.82. The van der Waals surface area contributed by atoms with Crippen LogP contribution < -0.4 is 4.74 Å². The highest BCUT2D eigenvalue weighted by atomic mass is 16.5. The molecule has 0 radical (unpaired) electrons. The van der Waals surface area contributed by atoms with Crippen molar-refractivity contribution < 1.29 is 9.53 Å². The van der Waals surface area contributed by atoms with Crippen molar-refractivity contribution in [1.82, 2.24) is 0 Å². The van der Waals surface area contributed by atoms with E-state index in [1.165, 1.54) is 64.2 Å². The summed E-state index contributed by atoms with van der Waals surface area (Å²) in [5.74, 6) is 4.95. The largest absolute Gasteiger partial charge is 0.426 e. The first-order chi connectivity index (χ1) is 14.7. The molecule has 3 aliphatic rings. The predicted octanol–water partition coefficient (Wildman–Crippen LogP) is 6.90. The minimum absolute atomic E-state index is 0.0452. The zero-order chi connectivity index (χ0) is 20.9. The van der Waals surface area contributed by atoms with Gasteiger partial charge in [0.15, 0.2) is 0 Å². The van der Waals surface area contributed by atoms with Crippen LogP contribution in [0, 0.1) is 46.8 Å². The molecule has 0 aliphatic heterocycles. The first-order valence-electron chi connectivity index (χ1n) is 12.4. The smallest absolute Gasteiger partial charge is 0.314 e. The Bertz CT molecular complexity index is 749. The average Bonchev–Trinajstić information content (AvgIpc) is 2.79. The lowest BCUT2D eigenvalue weighted by atomic mass is 9.55. The van der Waals surface area contributed by atoms with Crippen LogP contribution in [0.15, 0.2) is 24.3 Å². The maximum Gasteiger partial charge on any atom is 0.314 e. The Kier molecular flexibility index (Phi) is 7.13. The van der Waals surface area contributed by atoms with E-state index in [0.29, 0.717) is 11.3 Å². The predicted molar refractivity (Wildman–Crippen MR) is 119 cm³/mol. The van der Waals surface area contributed by atoms with E-state index in [0.717, 1.165) is 42.4 Å². The van der Waals surface area contributed by atoms with Crippen LogP contribution in [0.5, 0.6) is 5.75 Å². The molecule has 3 nitrogen and oxygen atoms in total. The van der Waals surface area contributed by atoms with Crippen LogP contribution in [0.2, 0.25) is 0 Å². The number of fused-ring (bicyclic) bond motifs is 3. The van der Waals surface area contributed by atoms with Gasteiger partial charge in [0.1, 0.15) is 5.75 Å². The quantitative estimate of drug-likeness (QED) is 0.293. The van der Waals surface area contributed by atoms with Crippen molar-refractivity contribution >= 4 is 5.97 Å². The number of unbranched alkanes of at least 4 members (excludes halogenated alkanes) is 2. The van der Waals surface area contributed by atoms with Crippen molar-refractivity contribution in [3.63, 3.8) is 0 Å². The fraction of sp³-hybridized carbons (Fsp3) is 0.704. The first-order valence-corrected chi connectivity index (χ1v) is 12.4. The van der Waals surface area contributed by atoms with Crippen molar-refractivity contribution in [3.05, 3.63) is 29.8 Å². The summed E-state index contributed by atoms with van der Waals surface area (Å²) < 4.78 is 5.65. The number of rotatable bonds is 6. The minimum atomic E-state index is -0.0695. The first kappa shape index (κ1) is 21.4. The Morgan fingerprint density at radius 2 is 1.67 bits per heavy atom. The van der Waals surface area contributed by atoms with Crippen LogP contribution in [0.4, 0.5) is 0 Å². The molecule has 0 bridgehead atoms. The molecule has 1 aromatic rings. The number of nitrogens with zero attached hydrogens (tertiary/aromatic N) is 1. The maximum absolute atomic E-state index is 12.8. The third-order valence-corrected chi connectivity index (χ3v) is 8.40. The van der Waals surface area contributed by atoms with Gasteiger partial charge in [0.25, 0.3) is 0 Å². The molecule has 6 atom stereocenters. The third-order valence-electron chi connectivity index (χ3n) is 8.40. The monoisotopic (exact) mass is 407 g/mol. The third kappa shape index (κ3) is 4.90. The van der Waals surface area contributed by atoms with Crippen LogP contribution >= 0.6 is 0 Å². The second-order valence-electron chi connectivity index (χ2n) is 10.2. The Morgan fingerprint density at radius 3 is 2.37 bits per heavy atom. The van der Waals surface area contributed by atoms with E-state index in [1.54, 1.807) is 24.3 Å². The number of ether oxygens (including phenoxy) is 1. The molecule has 3 heteroatoms. The summed E-state index contributed by atoms with van der Waals surface area (Å²) in [4.78, 5) is 12.8. The summed E-state index contributed by atoms with van der Waals surface area (Å²) in [6.07, 6.45) is 15.9. The van der Waals surface area contributed by atoms with Crippen molar-refractivity contribution in [2.75, 3.05) is 0 Å². The standard InChI is InChI=1S/C27H37NO2/c1-2-3-4-5-19-8-14-25-21(16-19)9-10-22-17-23(11-15-26(22)25)27(29)30-24-12-6-20(18-28)7-13-24/h6-7,12-13,19,21-23,25-26H,2-5,8-11,14-17H2,1H3. The highest BCUT2D eigenvalue weighted by molar-refractivity contribution is 5.75. The Balaban J connectivity index is 1.29. The van der Waals surface area contributed by atoms with Crippen molar-refractivity contribution in [1.29, 1.82) is 5.26 Å². The average molecular weight is 408 g/mol. The van der Waals surface area contributed by atoms with Gasteiger partial charge in [-0.3, -0.25) is 4.79 Å². The number of hydrogen-bond acceptors (Lipinski definition) is 3. The van der Waals surface area contributed by atoms with Crippen molar-refractivity contribution in [3.8, 4) is 11.8 Å². The number of carbonyl (C=O) groups excluding carboxylic acids is 1. The number of nitriles is 1. The highest BCUT2D eigenvalue weighted by Gasteiger charge is 2.45. The number of benzene rings is 1. The lowest BCUT2D eigenvalue weighted by Crippen LogP contribution is -2.42. The molecule has 1 aromatic carbocycles. The fourth-order valence-electron chi connectivity index (χ4n) is 6.85. The van der Waals surface area contributed by atoms with Gasteiger partial charge in [-0.05, 0) is 98.8 Å². The zero-order valence-corrected chi connectivity index (χ0v) is 18.5. The van der Waals surface area contributed by atoms with Gasteiger partial charge in [-0.15, -0.1) is 0 Å². The Morgan fingerprint density at radius 1 is 0.967 bits per heavy atom. The highest BCUT2D eigenvalue weighted by Crippen LogP contribution is 2.54. The normalized spacial score (nSPS) is 33.1. The summed E-state index contributed by atoms with van der Waals surface area (Å²) in [6, 6.07) is 8.97. The van der Waals surface area contributed by atoms with Gasteiger partial charge in [-0.25, -0.2) is 0 Å². The van der Waals surface area contributed by atoms with E-state index < -0.39 is 0 Å². The van der Waals surface area contributed by atoms with Gasteiger partial charge in [-0.2, -0.15) is 5.26 Å². The van der Waals surface area contributed by atoms with Crippen LogP contribution in [0.1, 0.15) is 89.5 Å². The molecule has 3 saturated carbocycles.